The molecular formula is C22H25NO6. The second kappa shape index (κ2) is 9.93. The van der Waals surface area contributed by atoms with E-state index in [9.17, 15) is 9.59 Å². The lowest BCUT2D eigenvalue weighted by molar-refractivity contribution is -0.146. The van der Waals surface area contributed by atoms with E-state index >= 15 is 0 Å². The molecule has 0 spiro atoms. The molecule has 0 bridgehead atoms. The Bertz CT molecular complexity index is 838. The average Bonchev–Trinajstić information content (AvgIpc) is 2.73. The number of hydrogen-bond donors (Lipinski definition) is 1. The summed E-state index contributed by atoms with van der Waals surface area (Å²) in [6.45, 7) is 2.65. The van der Waals surface area contributed by atoms with Crippen LogP contribution in [0.2, 0.25) is 0 Å². The molecule has 7 nitrogen and oxygen atoms in total. The van der Waals surface area contributed by atoms with Gasteiger partial charge in [0, 0.05) is 24.3 Å². The zero-order valence-electron chi connectivity index (χ0n) is 16.6. The van der Waals surface area contributed by atoms with Gasteiger partial charge in [-0.15, -0.1) is 0 Å². The monoisotopic (exact) mass is 399 g/mol. The minimum Gasteiger partial charge on any atom is -0.493 e. The number of anilines is 1. The molecule has 29 heavy (non-hydrogen) atoms. The maximum Gasteiger partial charge on any atom is 0.411 e. The summed E-state index contributed by atoms with van der Waals surface area (Å²) in [5, 5.41) is 2.72. The van der Waals surface area contributed by atoms with Crippen molar-refractivity contribution in [3.63, 3.8) is 0 Å². The van der Waals surface area contributed by atoms with Gasteiger partial charge >= 0.3 is 12.1 Å². The maximum atomic E-state index is 12.1. The molecule has 1 N–H and O–H groups in total. The molecule has 7 heteroatoms. The Hall–Kier alpha value is -3.06. The number of ether oxygens (including phenoxy) is 4. The number of methoxy groups -OCH3 is 1. The van der Waals surface area contributed by atoms with E-state index in [0.29, 0.717) is 24.7 Å². The molecular weight excluding hydrogens is 374 g/mol. The van der Waals surface area contributed by atoms with Gasteiger partial charge in [0.25, 0.3) is 0 Å². The summed E-state index contributed by atoms with van der Waals surface area (Å²) in [5.74, 6) is 0.206. The van der Waals surface area contributed by atoms with Crippen molar-refractivity contribution < 1.29 is 28.5 Å². The van der Waals surface area contributed by atoms with Gasteiger partial charge in [0.1, 0.15) is 12.4 Å². The smallest absolute Gasteiger partial charge is 0.411 e. The third-order valence-corrected chi connectivity index (χ3v) is 4.64. The minimum atomic E-state index is -0.553. The first-order valence-electron chi connectivity index (χ1n) is 9.53. The maximum absolute atomic E-state index is 12.1. The van der Waals surface area contributed by atoms with Crippen molar-refractivity contribution in [2.24, 2.45) is 5.92 Å². The Labute approximate surface area is 169 Å². The number of fused-ring (bicyclic) bond motifs is 1. The number of nitrogens with one attached hydrogen (secondary N) is 1. The number of carbonyl (C=O) groups excluding carboxylic acids is 2. The van der Waals surface area contributed by atoms with Crippen LogP contribution < -0.4 is 10.1 Å². The van der Waals surface area contributed by atoms with Gasteiger partial charge < -0.3 is 18.9 Å². The molecule has 0 radical (unpaired) electrons. The van der Waals surface area contributed by atoms with Gasteiger partial charge in [-0.1, -0.05) is 30.3 Å². The molecule has 2 aromatic rings. The number of carbonyl (C=O) groups is 2. The fraction of sp³-hybridized carbons (Fsp3) is 0.364. The number of esters is 1. The van der Waals surface area contributed by atoms with E-state index in [4.69, 9.17) is 18.9 Å². The van der Waals surface area contributed by atoms with Gasteiger partial charge in [-0.05, 0) is 30.7 Å². The van der Waals surface area contributed by atoms with Crippen molar-refractivity contribution in [3.8, 4) is 5.75 Å². The summed E-state index contributed by atoms with van der Waals surface area (Å²) in [5.41, 5.74) is 2.24. The summed E-state index contributed by atoms with van der Waals surface area (Å²) >= 11 is 0. The van der Waals surface area contributed by atoms with Crippen LogP contribution in [0.3, 0.4) is 0 Å². The van der Waals surface area contributed by atoms with Crippen LogP contribution in [-0.2, 0) is 25.6 Å². The fourth-order valence-electron chi connectivity index (χ4n) is 3.31. The highest BCUT2D eigenvalue weighted by atomic mass is 16.5. The molecule has 0 saturated carbocycles. The van der Waals surface area contributed by atoms with Crippen molar-refractivity contribution in [1.82, 2.24) is 0 Å². The average molecular weight is 399 g/mol. The first-order chi connectivity index (χ1) is 14.1. The van der Waals surface area contributed by atoms with E-state index in [1.54, 1.807) is 32.2 Å². The molecule has 2 atom stereocenters. The van der Waals surface area contributed by atoms with Crippen LogP contribution in [0.25, 0.3) is 0 Å². The second-order valence-corrected chi connectivity index (χ2v) is 6.68. The molecule has 1 amide bonds. The summed E-state index contributed by atoms with van der Waals surface area (Å²) in [6, 6.07) is 14.7. The summed E-state index contributed by atoms with van der Waals surface area (Å²) in [7, 11) is 1.59. The molecule has 2 aromatic carbocycles. The normalized spacial score (nSPS) is 17.6. The molecule has 3 rings (SSSR count). The summed E-state index contributed by atoms with van der Waals surface area (Å²) < 4.78 is 21.7. The van der Waals surface area contributed by atoms with E-state index in [-0.39, 0.29) is 31.0 Å². The Morgan fingerprint density at radius 2 is 1.93 bits per heavy atom. The second-order valence-electron chi connectivity index (χ2n) is 6.68. The highest BCUT2D eigenvalue weighted by molar-refractivity contribution is 5.85. The first kappa shape index (κ1) is 20.7. The Morgan fingerprint density at radius 3 is 2.66 bits per heavy atom. The van der Waals surface area contributed by atoms with Crippen LogP contribution >= 0.6 is 0 Å². The molecule has 1 heterocycles. The van der Waals surface area contributed by atoms with Crippen LogP contribution in [0.15, 0.2) is 48.5 Å². The van der Waals surface area contributed by atoms with E-state index in [0.717, 1.165) is 11.1 Å². The van der Waals surface area contributed by atoms with E-state index < -0.39 is 6.09 Å². The first-order valence-corrected chi connectivity index (χ1v) is 9.53. The molecule has 0 aromatic heterocycles. The predicted molar refractivity (Wildman–Crippen MR) is 107 cm³/mol. The zero-order valence-corrected chi connectivity index (χ0v) is 16.6. The molecule has 1 aliphatic heterocycles. The highest BCUT2D eigenvalue weighted by Crippen LogP contribution is 2.40. The van der Waals surface area contributed by atoms with Crippen molar-refractivity contribution in [3.05, 3.63) is 59.7 Å². The lowest BCUT2D eigenvalue weighted by atomic mass is 9.90. The zero-order chi connectivity index (χ0) is 20.6. The number of hydrogen-bond acceptors (Lipinski definition) is 6. The molecule has 0 fully saturated rings. The van der Waals surface area contributed by atoms with Crippen LogP contribution in [0, 0.1) is 5.92 Å². The Balaban J connectivity index is 1.65. The van der Waals surface area contributed by atoms with Crippen molar-refractivity contribution in [1.29, 1.82) is 0 Å². The third-order valence-electron chi connectivity index (χ3n) is 4.64. The largest absolute Gasteiger partial charge is 0.493 e. The molecule has 1 aliphatic rings. The molecule has 0 aliphatic carbocycles. The van der Waals surface area contributed by atoms with E-state index in [2.05, 4.69) is 5.32 Å². The lowest BCUT2D eigenvalue weighted by Gasteiger charge is -2.32. The van der Waals surface area contributed by atoms with Gasteiger partial charge in [0.2, 0.25) is 0 Å². The van der Waals surface area contributed by atoms with Gasteiger partial charge in [0.05, 0.1) is 25.7 Å². The third kappa shape index (κ3) is 5.48. The predicted octanol–water partition coefficient (Wildman–Crippen LogP) is 4.08. The lowest BCUT2D eigenvalue weighted by Crippen LogP contribution is -2.30. The van der Waals surface area contributed by atoms with Crippen molar-refractivity contribution in [2.75, 3.05) is 25.6 Å². The van der Waals surface area contributed by atoms with Crippen LogP contribution in [0.5, 0.6) is 5.75 Å². The van der Waals surface area contributed by atoms with Gasteiger partial charge in [0.15, 0.2) is 0 Å². The quantitative estimate of drug-likeness (QED) is 0.706. The topological polar surface area (TPSA) is 83.1 Å². The summed E-state index contributed by atoms with van der Waals surface area (Å²) in [4.78, 5) is 24.0. The number of rotatable bonds is 7. The minimum absolute atomic E-state index is 0.174. The van der Waals surface area contributed by atoms with Crippen LogP contribution in [-0.4, -0.2) is 32.4 Å². The molecule has 0 saturated heterocycles. The SMILES string of the molecule is CCOC(=O)CC1COc2ccc(NC(=O)OCc3ccccc3)cc2C1OC. The number of benzene rings is 2. The Morgan fingerprint density at radius 1 is 1.14 bits per heavy atom. The highest BCUT2D eigenvalue weighted by Gasteiger charge is 2.33. The van der Waals surface area contributed by atoms with Crippen LogP contribution in [0.1, 0.15) is 30.6 Å². The van der Waals surface area contributed by atoms with E-state index in [1.165, 1.54) is 0 Å². The van der Waals surface area contributed by atoms with Crippen molar-refractivity contribution in [2.45, 2.75) is 26.1 Å². The number of amides is 1. The van der Waals surface area contributed by atoms with Gasteiger partial charge in [-0.2, -0.15) is 0 Å². The van der Waals surface area contributed by atoms with Crippen LogP contribution in [0.4, 0.5) is 10.5 Å². The van der Waals surface area contributed by atoms with Gasteiger partial charge in [-0.25, -0.2) is 4.79 Å². The fourth-order valence-corrected chi connectivity index (χ4v) is 3.31. The standard InChI is InChI=1S/C22H25NO6/c1-3-27-20(24)11-16-14-28-19-10-9-17(12-18(19)21(16)26-2)23-22(25)29-13-15-7-5-4-6-8-15/h4-10,12,16,21H,3,11,13-14H2,1-2H3,(H,23,25). The van der Waals surface area contributed by atoms with E-state index in [1.807, 2.05) is 30.3 Å². The Kier molecular flexibility index (Phi) is 7.08. The molecule has 2 unspecified atom stereocenters. The summed E-state index contributed by atoms with van der Waals surface area (Å²) in [6.07, 6.45) is -0.699. The van der Waals surface area contributed by atoms with Crippen molar-refractivity contribution >= 4 is 17.7 Å². The van der Waals surface area contributed by atoms with Gasteiger partial charge in [-0.3, -0.25) is 10.1 Å². The molecule has 154 valence electrons.